The fourth-order valence-electron chi connectivity index (χ4n) is 2.00. The number of nitrogens with zero attached hydrogens (tertiary/aromatic N) is 2. The van der Waals surface area contributed by atoms with Crippen LogP contribution in [-0.4, -0.2) is 14.5 Å². The number of hydrogen-bond acceptors (Lipinski definition) is 3. The first kappa shape index (κ1) is 12.6. The van der Waals surface area contributed by atoms with Gasteiger partial charge in [0.15, 0.2) is 4.96 Å². The van der Waals surface area contributed by atoms with Crippen molar-refractivity contribution in [1.29, 1.82) is 0 Å². The average Bonchev–Trinajstić information content (AvgIpc) is 2.89. The predicted octanol–water partition coefficient (Wildman–Crippen LogP) is 3.46. The van der Waals surface area contributed by atoms with Gasteiger partial charge in [-0.3, -0.25) is 4.40 Å². The van der Waals surface area contributed by atoms with Crippen LogP contribution in [0.3, 0.4) is 0 Å². The monoisotopic (exact) mass is 296 g/mol. The summed E-state index contributed by atoms with van der Waals surface area (Å²) >= 11 is 7.43. The normalized spacial score (nSPS) is 13.0. The van der Waals surface area contributed by atoms with Gasteiger partial charge in [-0.05, 0) is 12.1 Å². The number of aliphatic hydroxyl groups is 1. The lowest BCUT2D eigenvalue weighted by molar-refractivity contribution is 0.172. The van der Waals surface area contributed by atoms with Crippen molar-refractivity contribution in [2.45, 2.75) is 12.5 Å². The molecule has 0 spiro atoms. The highest BCUT2D eigenvalue weighted by Crippen LogP contribution is 2.28. The molecule has 0 aliphatic heterocycles. The van der Waals surface area contributed by atoms with Gasteiger partial charge in [-0.15, -0.1) is 11.3 Å². The Bertz CT molecular complexity index is 676. The molecule has 1 unspecified atom stereocenters. The zero-order valence-electron chi connectivity index (χ0n) is 9.75. The van der Waals surface area contributed by atoms with E-state index in [-0.39, 0.29) is 17.0 Å². The molecule has 0 saturated carbocycles. The van der Waals surface area contributed by atoms with Crippen molar-refractivity contribution in [2.24, 2.45) is 0 Å². The van der Waals surface area contributed by atoms with Gasteiger partial charge in [-0.25, -0.2) is 9.37 Å². The highest BCUT2D eigenvalue weighted by molar-refractivity contribution is 7.15. The molecule has 98 valence electrons. The molecule has 2 aromatic heterocycles. The minimum Gasteiger partial charge on any atom is -0.388 e. The van der Waals surface area contributed by atoms with E-state index in [1.165, 1.54) is 23.5 Å². The van der Waals surface area contributed by atoms with E-state index >= 15 is 0 Å². The Balaban J connectivity index is 1.88. The van der Waals surface area contributed by atoms with Crippen LogP contribution in [0.25, 0.3) is 4.96 Å². The molecule has 2 heterocycles. The highest BCUT2D eigenvalue weighted by Gasteiger charge is 2.18. The Morgan fingerprint density at radius 3 is 3.05 bits per heavy atom. The SMILES string of the molecule is OC(Cc1cn2ccsc2n1)c1c(F)cccc1Cl. The maximum atomic E-state index is 13.7. The topological polar surface area (TPSA) is 37.5 Å². The molecule has 3 nitrogen and oxygen atoms in total. The number of rotatable bonds is 3. The molecule has 19 heavy (non-hydrogen) atoms. The lowest BCUT2D eigenvalue weighted by atomic mass is 10.0. The summed E-state index contributed by atoms with van der Waals surface area (Å²) in [4.78, 5) is 5.20. The van der Waals surface area contributed by atoms with Crippen LogP contribution in [0.4, 0.5) is 4.39 Å². The Kier molecular flexibility index (Phi) is 3.26. The van der Waals surface area contributed by atoms with Crippen molar-refractivity contribution in [2.75, 3.05) is 0 Å². The van der Waals surface area contributed by atoms with Gasteiger partial charge in [0.1, 0.15) is 5.82 Å². The van der Waals surface area contributed by atoms with Gasteiger partial charge in [0.2, 0.25) is 0 Å². The summed E-state index contributed by atoms with van der Waals surface area (Å²) in [5.41, 5.74) is 0.833. The van der Waals surface area contributed by atoms with E-state index in [9.17, 15) is 9.50 Å². The molecule has 3 rings (SSSR count). The molecule has 3 aromatic rings. The van der Waals surface area contributed by atoms with Crippen LogP contribution in [-0.2, 0) is 6.42 Å². The standard InChI is InChI=1S/C13H10ClFN2OS/c14-9-2-1-3-10(15)12(9)11(18)6-8-7-17-4-5-19-13(17)16-8/h1-5,7,11,18H,6H2. The zero-order valence-corrected chi connectivity index (χ0v) is 11.3. The number of imidazole rings is 1. The van der Waals surface area contributed by atoms with E-state index in [4.69, 9.17) is 11.6 Å². The van der Waals surface area contributed by atoms with Crippen molar-refractivity contribution < 1.29 is 9.50 Å². The van der Waals surface area contributed by atoms with Gasteiger partial charge in [-0.1, -0.05) is 17.7 Å². The van der Waals surface area contributed by atoms with E-state index < -0.39 is 11.9 Å². The second-order valence-electron chi connectivity index (χ2n) is 4.18. The molecule has 0 radical (unpaired) electrons. The van der Waals surface area contributed by atoms with Gasteiger partial charge in [0, 0.05) is 34.8 Å². The third kappa shape index (κ3) is 2.36. The van der Waals surface area contributed by atoms with Gasteiger partial charge >= 0.3 is 0 Å². The van der Waals surface area contributed by atoms with Crippen LogP contribution >= 0.6 is 22.9 Å². The number of benzene rings is 1. The summed E-state index contributed by atoms with van der Waals surface area (Å²) in [7, 11) is 0. The van der Waals surface area contributed by atoms with Gasteiger partial charge < -0.3 is 5.11 Å². The smallest absolute Gasteiger partial charge is 0.193 e. The van der Waals surface area contributed by atoms with E-state index in [1.807, 2.05) is 22.2 Å². The predicted molar refractivity (Wildman–Crippen MR) is 73.1 cm³/mol. The summed E-state index contributed by atoms with van der Waals surface area (Å²) in [6, 6.07) is 4.37. The molecule has 0 saturated heterocycles. The van der Waals surface area contributed by atoms with Gasteiger partial charge in [-0.2, -0.15) is 0 Å². The Morgan fingerprint density at radius 2 is 2.32 bits per heavy atom. The molecular formula is C13H10ClFN2OS. The third-order valence-corrected chi connectivity index (χ3v) is 3.98. The first-order chi connectivity index (χ1) is 9.15. The molecule has 0 amide bonds. The average molecular weight is 297 g/mol. The van der Waals surface area contributed by atoms with Crippen LogP contribution in [0.5, 0.6) is 0 Å². The molecule has 0 aliphatic rings. The molecule has 0 bridgehead atoms. The maximum absolute atomic E-state index is 13.7. The number of thiazole rings is 1. The Morgan fingerprint density at radius 1 is 1.47 bits per heavy atom. The number of halogens is 2. The molecule has 0 aliphatic carbocycles. The Labute approximate surface area is 117 Å². The van der Waals surface area contributed by atoms with Crippen molar-refractivity contribution in [1.82, 2.24) is 9.38 Å². The summed E-state index contributed by atoms with van der Waals surface area (Å²) in [6.07, 6.45) is 2.94. The number of aliphatic hydroxyl groups excluding tert-OH is 1. The quantitative estimate of drug-likeness (QED) is 0.803. The molecule has 1 aromatic carbocycles. The Hall–Kier alpha value is -1.43. The van der Waals surface area contributed by atoms with Crippen LogP contribution in [0.2, 0.25) is 5.02 Å². The summed E-state index contributed by atoms with van der Waals surface area (Å²) < 4.78 is 15.6. The van der Waals surface area contributed by atoms with E-state index in [2.05, 4.69) is 4.98 Å². The minimum atomic E-state index is -1.00. The lowest BCUT2D eigenvalue weighted by Crippen LogP contribution is -2.05. The molecular weight excluding hydrogens is 287 g/mol. The molecule has 1 atom stereocenters. The molecule has 1 N–H and O–H groups in total. The highest BCUT2D eigenvalue weighted by atomic mass is 35.5. The second kappa shape index (κ2) is 4.92. The first-order valence-electron chi connectivity index (χ1n) is 5.68. The summed E-state index contributed by atoms with van der Waals surface area (Å²) in [5.74, 6) is -0.499. The number of hydrogen-bond donors (Lipinski definition) is 1. The number of aromatic nitrogens is 2. The molecule has 0 fully saturated rings. The van der Waals surface area contributed by atoms with Crippen LogP contribution < -0.4 is 0 Å². The fourth-order valence-corrected chi connectivity index (χ4v) is 3.01. The zero-order chi connectivity index (χ0) is 13.4. The summed E-state index contributed by atoms with van der Waals surface area (Å²) in [5, 5.41) is 12.3. The van der Waals surface area contributed by atoms with Crippen LogP contribution in [0.15, 0.2) is 36.0 Å². The van der Waals surface area contributed by atoms with Crippen LogP contribution in [0, 0.1) is 5.82 Å². The third-order valence-electron chi connectivity index (χ3n) is 2.88. The number of fused-ring (bicyclic) bond motifs is 1. The van der Waals surface area contributed by atoms with E-state index in [0.717, 1.165) is 4.96 Å². The largest absolute Gasteiger partial charge is 0.388 e. The van der Waals surface area contributed by atoms with Crippen molar-refractivity contribution >= 4 is 27.9 Å². The van der Waals surface area contributed by atoms with Gasteiger partial charge in [0.25, 0.3) is 0 Å². The van der Waals surface area contributed by atoms with Crippen molar-refractivity contribution in [3.63, 3.8) is 0 Å². The fraction of sp³-hybridized carbons (Fsp3) is 0.154. The van der Waals surface area contributed by atoms with Crippen molar-refractivity contribution in [3.05, 3.63) is 58.1 Å². The summed E-state index contributed by atoms with van der Waals surface area (Å²) in [6.45, 7) is 0. The van der Waals surface area contributed by atoms with E-state index in [1.54, 1.807) is 6.07 Å². The minimum absolute atomic E-state index is 0.125. The lowest BCUT2D eigenvalue weighted by Gasteiger charge is -2.12. The van der Waals surface area contributed by atoms with Crippen molar-refractivity contribution in [3.8, 4) is 0 Å². The second-order valence-corrected chi connectivity index (χ2v) is 5.46. The van der Waals surface area contributed by atoms with Crippen LogP contribution in [0.1, 0.15) is 17.4 Å². The van der Waals surface area contributed by atoms with E-state index in [0.29, 0.717) is 5.69 Å². The maximum Gasteiger partial charge on any atom is 0.193 e. The van der Waals surface area contributed by atoms with Gasteiger partial charge in [0.05, 0.1) is 11.8 Å². The molecule has 6 heteroatoms. The first-order valence-corrected chi connectivity index (χ1v) is 6.94.